The molecule has 3 rings (SSSR count). The minimum atomic E-state index is -0.438. The Labute approximate surface area is 167 Å². The Morgan fingerprint density at radius 2 is 1.79 bits per heavy atom. The lowest BCUT2D eigenvalue weighted by atomic mass is 10.1. The molecule has 0 aliphatic carbocycles. The smallest absolute Gasteiger partial charge is 0.277 e. The summed E-state index contributed by atoms with van der Waals surface area (Å²) in [6, 6.07) is 12.7. The third-order valence-corrected chi connectivity index (χ3v) is 4.34. The van der Waals surface area contributed by atoms with Crippen LogP contribution >= 0.6 is 0 Å². The summed E-state index contributed by atoms with van der Waals surface area (Å²) >= 11 is 0. The first-order valence-electron chi connectivity index (χ1n) is 9.15. The molecule has 0 spiro atoms. The van der Waals surface area contributed by atoms with Gasteiger partial charge in [0.1, 0.15) is 5.52 Å². The molecule has 0 aliphatic heterocycles. The van der Waals surface area contributed by atoms with Crippen molar-refractivity contribution in [1.82, 2.24) is 25.8 Å². The first-order valence-corrected chi connectivity index (χ1v) is 9.15. The van der Waals surface area contributed by atoms with E-state index >= 15 is 0 Å². The predicted octanol–water partition coefficient (Wildman–Crippen LogP) is 1.06. The van der Waals surface area contributed by atoms with Crippen molar-refractivity contribution in [3.8, 4) is 0 Å². The number of carbonyl (C=O) groups excluding carboxylic acids is 2. The van der Waals surface area contributed by atoms with Gasteiger partial charge in [-0.1, -0.05) is 35.0 Å². The Morgan fingerprint density at radius 3 is 2.59 bits per heavy atom. The van der Waals surface area contributed by atoms with E-state index in [2.05, 4.69) is 26.5 Å². The Kier molecular flexibility index (Phi) is 6.18. The van der Waals surface area contributed by atoms with Gasteiger partial charge >= 0.3 is 0 Å². The van der Waals surface area contributed by atoms with Crippen LogP contribution in [0.4, 0.5) is 5.69 Å². The highest BCUT2D eigenvalue weighted by Gasteiger charge is 2.09. The molecule has 1 heterocycles. The maximum atomic E-state index is 12.3. The van der Waals surface area contributed by atoms with E-state index in [1.165, 1.54) is 0 Å². The van der Waals surface area contributed by atoms with Gasteiger partial charge in [-0.3, -0.25) is 25.2 Å². The molecule has 3 N–H and O–H groups in total. The molecule has 1 aromatic heterocycles. The zero-order valence-corrected chi connectivity index (χ0v) is 16.2. The molecule has 2 aromatic carbocycles. The van der Waals surface area contributed by atoms with Gasteiger partial charge in [-0.05, 0) is 37.6 Å². The van der Waals surface area contributed by atoms with Crippen LogP contribution in [0.3, 0.4) is 0 Å². The summed E-state index contributed by atoms with van der Waals surface area (Å²) in [6.45, 7) is 4.02. The monoisotopic (exact) mass is 394 g/mol. The lowest BCUT2D eigenvalue weighted by Crippen LogP contribution is -2.44. The van der Waals surface area contributed by atoms with Crippen molar-refractivity contribution in [1.29, 1.82) is 0 Å². The molecule has 0 atom stereocenters. The summed E-state index contributed by atoms with van der Waals surface area (Å²) in [5.74, 6) is -0.826. The lowest BCUT2D eigenvalue weighted by molar-refractivity contribution is -0.128. The number of hydrogen-bond acceptors (Lipinski definition) is 6. The molecular weight excluding hydrogens is 372 g/mol. The number of nitrogens with one attached hydrogen (secondary N) is 3. The summed E-state index contributed by atoms with van der Waals surface area (Å²) in [4.78, 5) is 36.2. The van der Waals surface area contributed by atoms with E-state index in [0.29, 0.717) is 10.9 Å². The number of aryl methyl sites for hydroxylation is 3. The van der Waals surface area contributed by atoms with Crippen molar-refractivity contribution in [3.05, 3.63) is 63.9 Å². The molecule has 0 unspecified atom stereocenters. The largest absolute Gasteiger partial charge is 0.376 e. The lowest BCUT2D eigenvalue weighted by Gasteiger charge is -2.11. The molecule has 2 amide bonds. The highest BCUT2D eigenvalue weighted by molar-refractivity contribution is 5.84. The van der Waals surface area contributed by atoms with E-state index in [0.717, 1.165) is 21.5 Å². The van der Waals surface area contributed by atoms with Crippen molar-refractivity contribution in [2.45, 2.75) is 26.8 Å². The van der Waals surface area contributed by atoms with Gasteiger partial charge in [0.05, 0.1) is 18.5 Å². The standard InChI is InChI=1S/C20H22N6O3/c1-13-7-8-16(14(2)11-13)21-12-19(28)24-23-18(27)9-10-26-20(29)15-5-3-4-6-17(15)22-25-26/h3-8,11,21H,9-10,12H2,1-2H3,(H,23,27)(H,24,28). The molecule has 9 heteroatoms. The van der Waals surface area contributed by atoms with Crippen molar-refractivity contribution >= 4 is 28.4 Å². The molecule has 9 nitrogen and oxygen atoms in total. The molecular formula is C20H22N6O3. The van der Waals surface area contributed by atoms with Crippen LogP contribution in [0.1, 0.15) is 17.5 Å². The highest BCUT2D eigenvalue weighted by atomic mass is 16.2. The van der Waals surface area contributed by atoms with Crippen molar-refractivity contribution in [2.75, 3.05) is 11.9 Å². The fourth-order valence-corrected chi connectivity index (χ4v) is 2.81. The first-order chi connectivity index (χ1) is 13.9. The SMILES string of the molecule is Cc1ccc(NCC(=O)NNC(=O)CCn2nnc3ccccc3c2=O)c(C)c1. The summed E-state index contributed by atoms with van der Waals surface area (Å²) in [5.41, 5.74) is 7.88. The van der Waals surface area contributed by atoms with Gasteiger partial charge in [0.15, 0.2) is 0 Å². The number of nitrogens with zero attached hydrogens (tertiary/aromatic N) is 3. The molecule has 3 aromatic rings. The second kappa shape index (κ2) is 8.96. The molecule has 0 saturated carbocycles. The summed E-state index contributed by atoms with van der Waals surface area (Å²) in [7, 11) is 0. The van der Waals surface area contributed by atoms with Gasteiger partial charge in [0.25, 0.3) is 11.5 Å². The molecule has 0 fully saturated rings. The normalized spacial score (nSPS) is 10.6. The van der Waals surface area contributed by atoms with Gasteiger partial charge < -0.3 is 5.32 Å². The van der Waals surface area contributed by atoms with Crippen LogP contribution < -0.4 is 21.7 Å². The van der Waals surface area contributed by atoms with E-state index in [4.69, 9.17) is 0 Å². The average Bonchev–Trinajstić information content (AvgIpc) is 2.71. The number of hydrazine groups is 1. The molecule has 150 valence electrons. The highest BCUT2D eigenvalue weighted by Crippen LogP contribution is 2.15. The van der Waals surface area contributed by atoms with Crippen LogP contribution in [-0.2, 0) is 16.1 Å². The quantitative estimate of drug-likeness (QED) is 0.538. The van der Waals surface area contributed by atoms with E-state index < -0.39 is 5.91 Å². The van der Waals surface area contributed by atoms with Crippen LogP contribution in [0, 0.1) is 13.8 Å². The summed E-state index contributed by atoms with van der Waals surface area (Å²) in [6.07, 6.45) is -0.0301. The third-order valence-electron chi connectivity index (χ3n) is 4.34. The van der Waals surface area contributed by atoms with Gasteiger partial charge in [0.2, 0.25) is 5.91 Å². The Morgan fingerprint density at radius 1 is 1.03 bits per heavy atom. The average molecular weight is 394 g/mol. The maximum absolute atomic E-state index is 12.3. The second-order valence-electron chi connectivity index (χ2n) is 6.65. The number of carbonyl (C=O) groups is 2. The Balaban J connectivity index is 1.45. The van der Waals surface area contributed by atoms with Gasteiger partial charge in [0, 0.05) is 12.1 Å². The Hall–Kier alpha value is -3.75. The van der Waals surface area contributed by atoms with Crippen LogP contribution in [0.25, 0.3) is 10.9 Å². The zero-order chi connectivity index (χ0) is 20.8. The Bertz CT molecular complexity index is 1110. The van der Waals surface area contributed by atoms with E-state index in [-0.39, 0.29) is 31.0 Å². The number of aromatic nitrogens is 3. The van der Waals surface area contributed by atoms with Crippen LogP contribution in [0.2, 0.25) is 0 Å². The topological polar surface area (TPSA) is 118 Å². The fraction of sp³-hybridized carbons (Fsp3) is 0.250. The van der Waals surface area contributed by atoms with E-state index in [9.17, 15) is 14.4 Å². The summed E-state index contributed by atoms with van der Waals surface area (Å²) in [5, 5.41) is 11.2. The third kappa shape index (κ3) is 5.16. The number of rotatable bonds is 6. The summed E-state index contributed by atoms with van der Waals surface area (Å²) < 4.78 is 1.13. The number of amides is 2. The van der Waals surface area contributed by atoms with Crippen molar-refractivity contribution < 1.29 is 9.59 Å². The number of hydrogen-bond donors (Lipinski definition) is 3. The minimum absolute atomic E-state index is 0.0137. The van der Waals surface area contributed by atoms with E-state index in [1.807, 2.05) is 32.0 Å². The zero-order valence-electron chi connectivity index (χ0n) is 16.2. The molecule has 0 aliphatic rings. The molecule has 0 radical (unpaired) electrons. The fourth-order valence-electron chi connectivity index (χ4n) is 2.81. The van der Waals surface area contributed by atoms with Gasteiger partial charge in [-0.2, -0.15) is 0 Å². The van der Waals surface area contributed by atoms with Crippen LogP contribution in [0.15, 0.2) is 47.3 Å². The molecule has 0 saturated heterocycles. The maximum Gasteiger partial charge on any atom is 0.277 e. The van der Waals surface area contributed by atoms with Crippen LogP contribution in [0.5, 0.6) is 0 Å². The van der Waals surface area contributed by atoms with Crippen LogP contribution in [-0.4, -0.2) is 33.4 Å². The first kappa shape index (κ1) is 20.0. The van der Waals surface area contributed by atoms with Crippen molar-refractivity contribution in [3.63, 3.8) is 0 Å². The number of benzene rings is 2. The van der Waals surface area contributed by atoms with Gasteiger partial charge in [-0.15, -0.1) is 5.10 Å². The minimum Gasteiger partial charge on any atom is -0.376 e. The second-order valence-corrected chi connectivity index (χ2v) is 6.65. The van der Waals surface area contributed by atoms with Crippen molar-refractivity contribution in [2.24, 2.45) is 0 Å². The predicted molar refractivity (Wildman–Crippen MR) is 109 cm³/mol. The molecule has 0 bridgehead atoms. The van der Waals surface area contributed by atoms with Gasteiger partial charge in [-0.25, -0.2) is 4.68 Å². The molecule has 29 heavy (non-hydrogen) atoms. The van der Waals surface area contributed by atoms with E-state index in [1.54, 1.807) is 24.3 Å². The number of anilines is 1. The number of fused-ring (bicyclic) bond motifs is 1.